The molecule has 2 N–H and O–H groups in total. The van der Waals surface area contributed by atoms with Gasteiger partial charge in [0.1, 0.15) is 0 Å². The Balaban J connectivity index is 1.83. The Kier molecular flexibility index (Phi) is 4.64. The third-order valence-corrected chi connectivity index (χ3v) is 4.09. The molecule has 0 spiro atoms. The maximum atomic E-state index is 6.07. The van der Waals surface area contributed by atoms with E-state index in [-0.39, 0.29) is 6.10 Å². The van der Waals surface area contributed by atoms with Crippen LogP contribution in [0.2, 0.25) is 0 Å². The fourth-order valence-corrected chi connectivity index (χ4v) is 2.66. The van der Waals surface area contributed by atoms with Crippen molar-refractivity contribution in [3.05, 3.63) is 12.7 Å². The predicted octanol–water partition coefficient (Wildman–Crippen LogP) is 1.62. The summed E-state index contributed by atoms with van der Waals surface area (Å²) in [5.41, 5.74) is 6.07. The van der Waals surface area contributed by atoms with Gasteiger partial charge in [0.15, 0.2) is 5.96 Å². The lowest BCUT2D eigenvalue weighted by atomic mass is 9.99. The monoisotopic (exact) mass is 251 g/mol. The lowest BCUT2D eigenvalue weighted by Gasteiger charge is -2.31. The van der Waals surface area contributed by atoms with E-state index in [0.717, 1.165) is 38.6 Å². The fourth-order valence-electron chi connectivity index (χ4n) is 2.66. The molecule has 2 fully saturated rings. The van der Waals surface area contributed by atoms with Crippen molar-refractivity contribution < 1.29 is 4.74 Å². The van der Waals surface area contributed by atoms with Crippen LogP contribution in [0.1, 0.15) is 26.2 Å². The van der Waals surface area contributed by atoms with Crippen LogP contribution < -0.4 is 5.73 Å². The zero-order chi connectivity index (χ0) is 13.0. The lowest BCUT2D eigenvalue weighted by molar-refractivity contribution is 0.129. The summed E-state index contributed by atoms with van der Waals surface area (Å²) in [5, 5.41) is 0. The van der Waals surface area contributed by atoms with Crippen molar-refractivity contribution in [2.45, 2.75) is 32.3 Å². The SMILES string of the molecule is C=C[C@@H]1OCC[C@H]1CN=C(N)N1CCC(C)CC1. The molecule has 4 nitrogen and oxygen atoms in total. The van der Waals surface area contributed by atoms with E-state index in [2.05, 4.69) is 23.4 Å². The lowest BCUT2D eigenvalue weighted by Crippen LogP contribution is -2.42. The van der Waals surface area contributed by atoms with Gasteiger partial charge in [-0.3, -0.25) is 4.99 Å². The molecule has 2 saturated heterocycles. The quantitative estimate of drug-likeness (QED) is 0.471. The Bertz CT molecular complexity index is 308. The summed E-state index contributed by atoms with van der Waals surface area (Å²) in [6, 6.07) is 0. The van der Waals surface area contributed by atoms with Gasteiger partial charge in [-0.2, -0.15) is 0 Å². The molecule has 2 aliphatic heterocycles. The molecular weight excluding hydrogens is 226 g/mol. The largest absolute Gasteiger partial charge is 0.374 e. The number of hydrogen-bond donors (Lipinski definition) is 1. The number of likely N-dealkylation sites (tertiary alicyclic amines) is 1. The Labute approximate surface area is 110 Å². The van der Waals surface area contributed by atoms with Crippen LogP contribution in [-0.4, -0.2) is 43.2 Å². The van der Waals surface area contributed by atoms with Gasteiger partial charge in [-0.15, -0.1) is 6.58 Å². The summed E-state index contributed by atoms with van der Waals surface area (Å²) in [5.74, 6) is 1.98. The molecule has 4 heteroatoms. The number of aliphatic imine (C=N–C) groups is 1. The third kappa shape index (κ3) is 3.25. The molecule has 0 amide bonds. The van der Waals surface area contributed by atoms with Gasteiger partial charge in [-0.1, -0.05) is 13.0 Å². The van der Waals surface area contributed by atoms with Gasteiger partial charge in [0.2, 0.25) is 0 Å². The number of guanidine groups is 1. The number of hydrogen-bond acceptors (Lipinski definition) is 2. The van der Waals surface area contributed by atoms with Crippen molar-refractivity contribution in [3.63, 3.8) is 0 Å². The highest BCUT2D eigenvalue weighted by atomic mass is 16.5. The molecule has 2 heterocycles. The highest BCUT2D eigenvalue weighted by Gasteiger charge is 2.25. The molecule has 102 valence electrons. The zero-order valence-electron chi connectivity index (χ0n) is 11.3. The molecular formula is C14H25N3O. The summed E-state index contributed by atoms with van der Waals surface area (Å²) in [6.07, 6.45) is 5.54. The van der Waals surface area contributed by atoms with E-state index in [1.165, 1.54) is 12.8 Å². The van der Waals surface area contributed by atoms with Gasteiger partial charge < -0.3 is 15.4 Å². The summed E-state index contributed by atoms with van der Waals surface area (Å²) in [6.45, 7) is 9.77. The molecule has 0 radical (unpaired) electrons. The van der Waals surface area contributed by atoms with Gasteiger partial charge in [0.05, 0.1) is 6.10 Å². The van der Waals surface area contributed by atoms with Gasteiger partial charge in [-0.25, -0.2) is 0 Å². The van der Waals surface area contributed by atoms with Crippen LogP contribution in [0.3, 0.4) is 0 Å². The number of nitrogens with zero attached hydrogens (tertiary/aromatic N) is 2. The number of nitrogens with two attached hydrogens (primary N) is 1. The van der Waals surface area contributed by atoms with E-state index >= 15 is 0 Å². The first kappa shape index (κ1) is 13.4. The van der Waals surface area contributed by atoms with Crippen molar-refractivity contribution >= 4 is 5.96 Å². The van der Waals surface area contributed by atoms with E-state index < -0.39 is 0 Å². The van der Waals surface area contributed by atoms with Gasteiger partial charge in [0.25, 0.3) is 0 Å². The van der Waals surface area contributed by atoms with Gasteiger partial charge >= 0.3 is 0 Å². The van der Waals surface area contributed by atoms with Crippen LogP contribution >= 0.6 is 0 Å². The fraction of sp³-hybridized carbons (Fsp3) is 0.786. The Morgan fingerprint density at radius 1 is 1.44 bits per heavy atom. The normalized spacial score (nSPS) is 30.7. The average Bonchev–Trinajstić information content (AvgIpc) is 2.84. The number of ether oxygens (including phenoxy) is 1. The molecule has 0 aromatic carbocycles. The highest BCUT2D eigenvalue weighted by Crippen LogP contribution is 2.22. The number of rotatable bonds is 3. The molecule has 2 atom stereocenters. The van der Waals surface area contributed by atoms with Crippen LogP contribution in [-0.2, 0) is 4.74 Å². The standard InChI is InChI=1S/C14H25N3O/c1-3-13-12(6-9-18-13)10-16-14(15)17-7-4-11(2)5-8-17/h3,11-13H,1,4-10H2,2H3,(H2,15,16)/t12-,13-/m0/s1. The first-order chi connectivity index (χ1) is 8.70. The van der Waals surface area contributed by atoms with Crippen molar-refractivity contribution in [3.8, 4) is 0 Å². The van der Waals surface area contributed by atoms with Gasteiger partial charge in [0, 0.05) is 32.2 Å². The van der Waals surface area contributed by atoms with Crippen LogP contribution in [0.15, 0.2) is 17.6 Å². The van der Waals surface area contributed by atoms with Gasteiger partial charge in [-0.05, 0) is 25.2 Å². The van der Waals surface area contributed by atoms with E-state index in [9.17, 15) is 0 Å². The minimum absolute atomic E-state index is 0.155. The molecule has 0 aliphatic carbocycles. The Hall–Kier alpha value is -1.03. The minimum Gasteiger partial charge on any atom is -0.374 e. The average molecular weight is 251 g/mol. The van der Waals surface area contributed by atoms with Crippen LogP contribution in [0.5, 0.6) is 0 Å². The summed E-state index contributed by atoms with van der Waals surface area (Å²) in [4.78, 5) is 6.75. The molecule has 0 aromatic heterocycles. The van der Waals surface area contributed by atoms with Crippen molar-refractivity contribution in [2.75, 3.05) is 26.2 Å². The van der Waals surface area contributed by atoms with E-state index in [0.29, 0.717) is 11.9 Å². The summed E-state index contributed by atoms with van der Waals surface area (Å²) in [7, 11) is 0. The molecule has 0 bridgehead atoms. The first-order valence-corrected chi connectivity index (χ1v) is 6.99. The second-order valence-corrected chi connectivity index (χ2v) is 5.49. The molecule has 0 unspecified atom stereocenters. The summed E-state index contributed by atoms with van der Waals surface area (Å²) >= 11 is 0. The van der Waals surface area contributed by atoms with Crippen molar-refractivity contribution in [1.82, 2.24) is 4.90 Å². The maximum Gasteiger partial charge on any atom is 0.191 e. The Morgan fingerprint density at radius 3 is 2.83 bits per heavy atom. The highest BCUT2D eigenvalue weighted by molar-refractivity contribution is 5.78. The molecule has 2 aliphatic rings. The van der Waals surface area contributed by atoms with Crippen LogP contribution in [0.25, 0.3) is 0 Å². The molecule has 0 saturated carbocycles. The van der Waals surface area contributed by atoms with Crippen LogP contribution in [0.4, 0.5) is 0 Å². The third-order valence-electron chi connectivity index (χ3n) is 4.09. The number of piperidine rings is 1. The summed E-state index contributed by atoms with van der Waals surface area (Å²) < 4.78 is 5.56. The topological polar surface area (TPSA) is 50.9 Å². The van der Waals surface area contributed by atoms with Crippen molar-refractivity contribution in [2.24, 2.45) is 22.6 Å². The minimum atomic E-state index is 0.155. The second-order valence-electron chi connectivity index (χ2n) is 5.49. The predicted molar refractivity (Wildman–Crippen MR) is 74.5 cm³/mol. The zero-order valence-corrected chi connectivity index (χ0v) is 11.3. The maximum absolute atomic E-state index is 6.07. The van der Waals surface area contributed by atoms with Crippen molar-refractivity contribution in [1.29, 1.82) is 0 Å². The van der Waals surface area contributed by atoms with Crippen LogP contribution in [0, 0.1) is 11.8 Å². The second kappa shape index (κ2) is 6.23. The van der Waals surface area contributed by atoms with E-state index in [1.807, 2.05) is 6.08 Å². The Morgan fingerprint density at radius 2 is 2.17 bits per heavy atom. The molecule has 0 aromatic rings. The van der Waals surface area contributed by atoms with E-state index in [4.69, 9.17) is 10.5 Å². The molecule has 18 heavy (non-hydrogen) atoms. The first-order valence-electron chi connectivity index (χ1n) is 6.99. The molecule has 2 rings (SSSR count). The van der Waals surface area contributed by atoms with E-state index in [1.54, 1.807) is 0 Å². The smallest absolute Gasteiger partial charge is 0.191 e.